The number of aromatic amines is 1. The summed E-state index contributed by atoms with van der Waals surface area (Å²) < 4.78 is 5.30. The summed E-state index contributed by atoms with van der Waals surface area (Å²) in [5, 5.41) is 10.6. The highest BCUT2D eigenvalue weighted by atomic mass is 16.5. The van der Waals surface area contributed by atoms with Gasteiger partial charge in [0.15, 0.2) is 0 Å². The van der Waals surface area contributed by atoms with Gasteiger partial charge in [-0.2, -0.15) is 5.10 Å². The number of amides is 2. The van der Waals surface area contributed by atoms with Crippen molar-refractivity contribution < 1.29 is 14.3 Å². The van der Waals surface area contributed by atoms with Crippen LogP contribution >= 0.6 is 0 Å². The quantitative estimate of drug-likeness (QED) is 0.835. The molecule has 1 aliphatic carbocycles. The fourth-order valence-corrected chi connectivity index (χ4v) is 4.96. The molecule has 7 heteroatoms. The number of nitrogens with zero attached hydrogens (tertiary/aromatic N) is 2. The Morgan fingerprint density at radius 3 is 2.69 bits per heavy atom. The van der Waals surface area contributed by atoms with Crippen LogP contribution in [0.15, 0.2) is 30.3 Å². The minimum atomic E-state index is -0.421. The Morgan fingerprint density at radius 1 is 1.24 bits per heavy atom. The average molecular weight is 394 g/mol. The van der Waals surface area contributed by atoms with E-state index in [9.17, 15) is 9.59 Å². The number of hydrogen-bond donors (Lipinski definition) is 2. The summed E-state index contributed by atoms with van der Waals surface area (Å²) in [6, 6.07) is 9.51. The molecule has 1 aromatic carbocycles. The highest BCUT2D eigenvalue weighted by Gasteiger charge is 2.51. The van der Waals surface area contributed by atoms with Gasteiger partial charge in [0.25, 0.3) is 5.91 Å². The van der Waals surface area contributed by atoms with E-state index < -0.39 is 5.54 Å². The van der Waals surface area contributed by atoms with Gasteiger partial charge in [0, 0.05) is 24.6 Å². The van der Waals surface area contributed by atoms with Gasteiger partial charge in [-0.05, 0) is 55.9 Å². The third-order valence-electron chi connectivity index (χ3n) is 6.57. The number of H-pyrrole nitrogens is 1. The number of rotatable bonds is 4. The lowest BCUT2D eigenvalue weighted by molar-refractivity contribution is -0.120. The third-order valence-corrected chi connectivity index (χ3v) is 6.57. The van der Waals surface area contributed by atoms with Crippen molar-refractivity contribution in [1.29, 1.82) is 0 Å². The Kier molecular flexibility index (Phi) is 4.33. The van der Waals surface area contributed by atoms with Crippen molar-refractivity contribution in [1.82, 2.24) is 20.4 Å². The molecule has 2 N–H and O–H groups in total. The Bertz CT molecular complexity index is 934. The van der Waals surface area contributed by atoms with Gasteiger partial charge in [-0.25, -0.2) is 0 Å². The van der Waals surface area contributed by atoms with Crippen LogP contribution in [0.4, 0.5) is 0 Å². The van der Waals surface area contributed by atoms with Crippen LogP contribution in [0.25, 0.3) is 0 Å². The number of methoxy groups -OCH3 is 1. The zero-order chi connectivity index (χ0) is 20.0. The first-order valence-electron chi connectivity index (χ1n) is 10.4. The van der Waals surface area contributed by atoms with E-state index in [1.54, 1.807) is 7.11 Å². The zero-order valence-electron chi connectivity index (χ0n) is 16.6. The van der Waals surface area contributed by atoms with Crippen molar-refractivity contribution in [3.63, 3.8) is 0 Å². The number of likely N-dealkylation sites (tertiary alicyclic amines) is 1. The Labute approximate surface area is 169 Å². The lowest BCUT2D eigenvalue weighted by Crippen LogP contribution is -2.58. The van der Waals surface area contributed by atoms with E-state index >= 15 is 0 Å². The van der Waals surface area contributed by atoms with Crippen LogP contribution < -0.4 is 10.1 Å². The number of hydrogen-bond acceptors (Lipinski definition) is 4. The second-order valence-corrected chi connectivity index (χ2v) is 8.46. The van der Waals surface area contributed by atoms with Crippen LogP contribution in [0.2, 0.25) is 0 Å². The standard InChI is InChI=1S/C22H26N4O3/c1-29-16-7-5-15(6-8-16)20-22(11-9-19(27)23-22)10-2-12-26(20)21(28)18-13-17(24-25-18)14-3-4-14/h5-8,13-14,20H,2-4,9-12H2,1H3,(H,23,27)(H,24,25)/t20-,22+/m1/s1. The van der Waals surface area contributed by atoms with Crippen molar-refractivity contribution in [3.8, 4) is 5.75 Å². The molecule has 1 saturated carbocycles. The Balaban J connectivity index is 1.52. The summed E-state index contributed by atoms with van der Waals surface area (Å²) in [4.78, 5) is 27.6. The molecule has 7 nitrogen and oxygen atoms in total. The Morgan fingerprint density at radius 2 is 2.03 bits per heavy atom. The molecule has 2 aromatic rings. The van der Waals surface area contributed by atoms with Crippen LogP contribution in [0, 0.1) is 0 Å². The maximum absolute atomic E-state index is 13.5. The predicted octanol–water partition coefficient (Wildman–Crippen LogP) is 2.92. The van der Waals surface area contributed by atoms with Gasteiger partial charge < -0.3 is 15.0 Å². The van der Waals surface area contributed by atoms with Crippen LogP contribution in [0.3, 0.4) is 0 Å². The molecular weight excluding hydrogens is 368 g/mol. The van der Waals surface area contributed by atoms with Crippen LogP contribution in [0.5, 0.6) is 5.75 Å². The zero-order valence-corrected chi connectivity index (χ0v) is 16.6. The first-order valence-corrected chi connectivity index (χ1v) is 10.4. The summed E-state index contributed by atoms with van der Waals surface area (Å²) >= 11 is 0. The fourth-order valence-electron chi connectivity index (χ4n) is 4.96. The van der Waals surface area contributed by atoms with Crippen molar-refractivity contribution in [2.24, 2.45) is 0 Å². The number of piperidine rings is 1. The predicted molar refractivity (Wildman–Crippen MR) is 107 cm³/mol. The number of benzene rings is 1. The molecule has 5 rings (SSSR count). The first-order chi connectivity index (χ1) is 14.1. The minimum absolute atomic E-state index is 0.0635. The summed E-state index contributed by atoms with van der Waals surface area (Å²) in [5.41, 5.74) is 2.11. The van der Waals surface area contributed by atoms with E-state index in [1.807, 2.05) is 35.2 Å². The monoisotopic (exact) mass is 394 g/mol. The van der Waals surface area contributed by atoms with Crippen LogP contribution in [-0.2, 0) is 4.79 Å². The highest BCUT2D eigenvalue weighted by molar-refractivity contribution is 5.93. The molecule has 0 radical (unpaired) electrons. The molecular formula is C22H26N4O3. The molecule has 29 heavy (non-hydrogen) atoms. The number of ether oxygens (including phenoxy) is 1. The van der Waals surface area contributed by atoms with Crippen molar-refractivity contribution in [2.75, 3.05) is 13.7 Å². The largest absolute Gasteiger partial charge is 0.497 e. The van der Waals surface area contributed by atoms with E-state index in [0.29, 0.717) is 24.6 Å². The summed E-state index contributed by atoms with van der Waals surface area (Å²) in [6.45, 7) is 0.652. The van der Waals surface area contributed by atoms with E-state index in [4.69, 9.17) is 4.74 Å². The lowest BCUT2D eigenvalue weighted by Gasteiger charge is -2.48. The third kappa shape index (κ3) is 3.18. The minimum Gasteiger partial charge on any atom is -0.497 e. The number of nitrogens with one attached hydrogen (secondary N) is 2. The van der Waals surface area contributed by atoms with Crippen LogP contribution in [-0.4, -0.2) is 46.1 Å². The second kappa shape index (κ2) is 6.90. The van der Waals surface area contributed by atoms with Crippen LogP contribution in [0.1, 0.15) is 72.2 Å². The number of aromatic nitrogens is 2. The second-order valence-electron chi connectivity index (χ2n) is 8.46. The SMILES string of the molecule is COc1ccc([C@H]2N(C(=O)c3cc(C4CC4)[nH]n3)CCC[C@]23CCC(=O)N3)cc1. The van der Waals surface area contributed by atoms with Crippen molar-refractivity contribution in [2.45, 2.75) is 56.0 Å². The molecule has 0 unspecified atom stereocenters. The molecule has 3 aliphatic rings. The molecule has 0 bridgehead atoms. The summed E-state index contributed by atoms with van der Waals surface area (Å²) in [7, 11) is 1.64. The van der Waals surface area contributed by atoms with Gasteiger partial charge in [0.1, 0.15) is 11.4 Å². The molecule has 152 valence electrons. The smallest absolute Gasteiger partial charge is 0.274 e. The molecule has 2 atom stereocenters. The van der Waals surface area contributed by atoms with E-state index in [-0.39, 0.29) is 17.9 Å². The average Bonchev–Trinajstić information content (AvgIpc) is 3.36. The van der Waals surface area contributed by atoms with Gasteiger partial charge in [0.05, 0.1) is 18.7 Å². The van der Waals surface area contributed by atoms with Gasteiger partial charge >= 0.3 is 0 Å². The molecule has 2 aliphatic heterocycles. The van der Waals surface area contributed by atoms with Crippen molar-refractivity contribution in [3.05, 3.63) is 47.3 Å². The molecule has 3 fully saturated rings. The van der Waals surface area contributed by atoms with Gasteiger partial charge in [0.2, 0.25) is 5.91 Å². The number of carbonyl (C=O) groups is 2. The maximum Gasteiger partial charge on any atom is 0.274 e. The van der Waals surface area contributed by atoms with E-state index in [1.165, 1.54) is 0 Å². The van der Waals surface area contributed by atoms with Gasteiger partial charge in [-0.15, -0.1) is 0 Å². The first kappa shape index (κ1) is 18.2. The highest BCUT2D eigenvalue weighted by Crippen LogP contribution is 2.45. The number of carbonyl (C=O) groups excluding carboxylic acids is 2. The lowest BCUT2D eigenvalue weighted by atomic mass is 9.76. The summed E-state index contributed by atoms with van der Waals surface area (Å²) in [6.07, 6.45) is 5.28. The van der Waals surface area contributed by atoms with Crippen molar-refractivity contribution >= 4 is 11.8 Å². The maximum atomic E-state index is 13.5. The molecule has 1 spiro atoms. The topological polar surface area (TPSA) is 87.3 Å². The Hall–Kier alpha value is -2.83. The van der Waals surface area contributed by atoms with E-state index in [2.05, 4.69) is 15.5 Å². The molecule has 3 heterocycles. The summed E-state index contributed by atoms with van der Waals surface area (Å²) in [5.74, 6) is 1.28. The van der Waals surface area contributed by atoms with E-state index in [0.717, 1.165) is 49.1 Å². The normalized spacial score (nSPS) is 26.6. The molecule has 2 saturated heterocycles. The fraction of sp³-hybridized carbons (Fsp3) is 0.500. The van der Waals surface area contributed by atoms with Gasteiger partial charge in [-0.1, -0.05) is 12.1 Å². The van der Waals surface area contributed by atoms with Gasteiger partial charge in [-0.3, -0.25) is 14.7 Å². The molecule has 2 amide bonds. The molecule has 1 aromatic heterocycles.